The van der Waals surface area contributed by atoms with Gasteiger partial charge in [-0.3, -0.25) is 9.69 Å². The van der Waals surface area contributed by atoms with Crippen LogP contribution in [-0.4, -0.2) is 35.7 Å². The van der Waals surface area contributed by atoms with E-state index in [-0.39, 0.29) is 0 Å². The summed E-state index contributed by atoms with van der Waals surface area (Å²) in [6, 6.07) is 12.8. The summed E-state index contributed by atoms with van der Waals surface area (Å²) in [4.78, 5) is 13.3. The van der Waals surface area contributed by atoms with Gasteiger partial charge in [-0.15, -0.1) is 0 Å². The zero-order chi connectivity index (χ0) is 18.5. The minimum absolute atomic E-state index is 0.401. The van der Waals surface area contributed by atoms with Gasteiger partial charge in [-0.05, 0) is 54.8 Å². The lowest BCUT2D eigenvalue weighted by Gasteiger charge is -2.21. The lowest BCUT2D eigenvalue weighted by Crippen LogP contribution is -2.35. The van der Waals surface area contributed by atoms with Crippen molar-refractivity contribution in [3.05, 3.63) is 58.6 Å². The van der Waals surface area contributed by atoms with Crippen LogP contribution in [0, 0.1) is 0 Å². The molecule has 0 radical (unpaired) electrons. The molecule has 1 aliphatic rings. The fraction of sp³-hybridized carbons (Fsp3) is 0.350. The molecule has 1 atom stereocenters. The first-order valence-corrected chi connectivity index (χ1v) is 8.95. The van der Waals surface area contributed by atoms with E-state index in [9.17, 15) is 9.90 Å². The number of aliphatic carboxylic acids is 1. The number of nitrogens with zero attached hydrogens (tertiary/aromatic N) is 1. The Hall–Kier alpha value is -2.24. The highest BCUT2D eigenvalue weighted by atomic mass is 35.5. The van der Waals surface area contributed by atoms with Gasteiger partial charge in [0.1, 0.15) is 12.6 Å². The molecule has 6 heteroatoms. The Kier molecular flexibility index (Phi) is 6.01. The second-order valence-electron chi connectivity index (χ2n) is 6.37. The van der Waals surface area contributed by atoms with Crippen LogP contribution in [0.2, 0.25) is 5.02 Å². The first-order valence-electron chi connectivity index (χ1n) is 8.58. The molecule has 0 amide bonds. The molecule has 0 aromatic heterocycles. The number of hydrogen-bond donors (Lipinski definition) is 1. The number of likely N-dealkylation sites (tertiary alicyclic amines) is 1. The standard InChI is InChI=1S/C20H22ClNO4/c1-25-19-11-15(12-22-10-2-3-17(22)20(23)24)6-9-18(19)26-13-14-4-7-16(21)8-5-14/h4-9,11,17H,2-3,10,12-13H2,1H3,(H,23,24). The highest BCUT2D eigenvalue weighted by molar-refractivity contribution is 6.30. The number of halogens is 1. The van der Waals surface area contributed by atoms with Crippen LogP contribution in [0.15, 0.2) is 42.5 Å². The van der Waals surface area contributed by atoms with Crippen LogP contribution in [0.4, 0.5) is 0 Å². The maximum absolute atomic E-state index is 11.3. The average Bonchev–Trinajstić information content (AvgIpc) is 3.10. The molecule has 26 heavy (non-hydrogen) atoms. The minimum Gasteiger partial charge on any atom is -0.493 e. The van der Waals surface area contributed by atoms with Gasteiger partial charge < -0.3 is 14.6 Å². The van der Waals surface area contributed by atoms with Crippen molar-refractivity contribution in [1.29, 1.82) is 0 Å². The summed E-state index contributed by atoms with van der Waals surface area (Å²) in [7, 11) is 1.60. The number of benzene rings is 2. The first-order chi connectivity index (χ1) is 12.6. The van der Waals surface area contributed by atoms with Crippen molar-refractivity contribution in [2.45, 2.75) is 32.0 Å². The van der Waals surface area contributed by atoms with Crippen LogP contribution in [0.1, 0.15) is 24.0 Å². The van der Waals surface area contributed by atoms with Crippen LogP contribution in [0.5, 0.6) is 11.5 Å². The van der Waals surface area contributed by atoms with E-state index in [4.69, 9.17) is 21.1 Å². The van der Waals surface area contributed by atoms with Crippen LogP contribution in [0.3, 0.4) is 0 Å². The van der Waals surface area contributed by atoms with E-state index in [1.54, 1.807) is 7.11 Å². The smallest absolute Gasteiger partial charge is 0.320 e. The number of rotatable bonds is 7. The summed E-state index contributed by atoms with van der Waals surface area (Å²) >= 11 is 5.89. The van der Waals surface area contributed by atoms with Crippen molar-refractivity contribution in [3.63, 3.8) is 0 Å². The number of carbonyl (C=O) groups is 1. The van der Waals surface area contributed by atoms with Crippen LogP contribution in [0.25, 0.3) is 0 Å². The Labute approximate surface area is 158 Å². The minimum atomic E-state index is -0.752. The lowest BCUT2D eigenvalue weighted by atomic mass is 10.1. The number of carboxylic acids is 1. The molecule has 1 heterocycles. The summed E-state index contributed by atoms with van der Waals surface area (Å²) in [6.07, 6.45) is 1.62. The Morgan fingerprint density at radius 1 is 1.19 bits per heavy atom. The quantitative estimate of drug-likeness (QED) is 0.793. The largest absolute Gasteiger partial charge is 0.493 e. The number of ether oxygens (including phenoxy) is 2. The number of hydrogen-bond acceptors (Lipinski definition) is 4. The van der Waals surface area contributed by atoms with Gasteiger partial charge in [0.05, 0.1) is 7.11 Å². The Morgan fingerprint density at radius 3 is 2.62 bits per heavy atom. The predicted molar refractivity (Wildman–Crippen MR) is 99.8 cm³/mol. The lowest BCUT2D eigenvalue weighted by molar-refractivity contribution is -0.142. The normalized spacial score (nSPS) is 17.2. The van der Waals surface area contributed by atoms with Crippen molar-refractivity contribution >= 4 is 17.6 Å². The van der Waals surface area contributed by atoms with Gasteiger partial charge in [-0.25, -0.2) is 0 Å². The van der Waals surface area contributed by atoms with E-state index in [1.807, 2.05) is 47.4 Å². The molecule has 2 aromatic carbocycles. The maximum Gasteiger partial charge on any atom is 0.320 e. The summed E-state index contributed by atoms with van der Waals surface area (Å²) in [6.45, 7) is 1.80. The van der Waals surface area contributed by atoms with Crippen molar-refractivity contribution in [2.24, 2.45) is 0 Å². The molecule has 0 spiro atoms. The van der Waals surface area contributed by atoms with Crippen LogP contribution < -0.4 is 9.47 Å². The zero-order valence-electron chi connectivity index (χ0n) is 14.7. The third-order valence-electron chi connectivity index (χ3n) is 4.57. The Bertz CT molecular complexity index is 763. The van der Waals surface area contributed by atoms with Gasteiger partial charge >= 0.3 is 5.97 Å². The Balaban J connectivity index is 1.67. The van der Waals surface area contributed by atoms with E-state index < -0.39 is 12.0 Å². The molecule has 1 aliphatic heterocycles. The van der Waals surface area contributed by atoms with Crippen molar-refractivity contribution in [1.82, 2.24) is 4.90 Å². The summed E-state index contributed by atoms with van der Waals surface area (Å²) < 4.78 is 11.3. The SMILES string of the molecule is COc1cc(CN2CCCC2C(=O)O)ccc1OCc1ccc(Cl)cc1. The van der Waals surface area contributed by atoms with Crippen molar-refractivity contribution in [2.75, 3.05) is 13.7 Å². The molecular weight excluding hydrogens is 354 g/mol. The summed E-state index contributed by atoms with van der Waals surface area (Å²) in [5.74, 6) is 0.544. The molecule has 2 aromatic rings. The average molecular weight is 376 g/mol. The second-order valence-corrected chi connectivity index (χ2v) is 6.80. The van der Waals surface area contributed by atoms with Gasteiger partial charge in [0.15, 0.2) is 11.5 Å². The number of carboxylic acid groups (broad SMARTS) is 1. The molecule has 1 N–H and O–H groups in total. The van der Waals surface area contributed by atoms with Crippen LogP contribution in [-0.2, 0) is 17.9 Å². The van der Waals surface area contributed by atoms with Gasteiger partial charge in [0.25, 0.3) is 0 Å². The topological polar surface area (TPSA) is 59.0 Å². The van der Waals surface area contributed by atoms with Gasteiger partial charge in [0, 0.05) is 11.6 Å². The summed E-state index contributed by atoms with van der Waals surface area (Å²) in [5.41, 5.74) is 2.02. The molecule has 0 bridgehead atoms. The fourth-order valence-corrected chi connectivity index (χ4v) is 3.33. The molecule has 3 rings (SSSR count). The van der Waals surface area contributed by atoms with E-state index in [0.717, 1.165) is 24.1 Å². The third kappa shape index (κ3) is 4.48. The highest BCUT2D eigenvalue weighted by Crippen LogP contribution is 2.30. The zero-order valence-corrected chi connectivity index (χ0v) is 15.4. The fourth-order valence-electron chi connectivity index (χ4n) is 3.20. The molecule has 138 valence electrons. The number of methoxy groups -OCH3 is 1. The molecule has 1 fully saturated rings. The van der Waals surface area contributed by atoms with E-state index in [2.05, 4.69) is 0 Å². The van der Waals surface area contributed by atoms with Gasteiger partial charge in [0.2, 0.25) is 0 Å². The third-order valence-corrected chi connectivity index (χ3v) is 4.82. The maximum atomic E-state index is 11.3. The van der Waals surface area contributed by atoms with Crippen LogP contribution >= 0.6 is 11.6 Å². The second kappa shape index (κ2) is 8.43. The summed E-state index contributed by atoms with van der Waals surface area (Å²) in [5, 5.41) is 10.00. The van der Waals surface area contributed by atoms with Gasteiger partial charge in [-0.2, -0.15) is 0 Å². The van der Waals surface area contributed by atoms with E-state index in [1.165, 1.54) is 0 Å². The highest BCUT2D eigenvalue weighted by Gasteiger charge is 2.30. The monoisotopic (exact) mass is 375 g/mol. The van der Waals surface area contributed by atoms with Crippen molar-refractivity contribution in [3.8, 4) is 11.5 Å². The molecular formula is C20H22ClNO4. The van der Waals surface area contributed by atoms with Gasteiger partial charge in [-0.1, -0.05) is 29.8 Å². The van der Waals surface area contributed by atoms with E-state index >= 15 is 0 Å². The first kappa shape index (κ1) is 18.5. The molecule has 5 nitrogen and oxygen atoms in total. The molecule has 1 unspecified atom stereocenters. The molecule has 1 saturated heterocycles. The molecule has 0 saturated carbocycles. The van der Waals surface area contributed by atoms with E-state index in [0.29, 0.717) is 36.1 Å². The predicted octanol–water partition coefficient (Wildman–Crippen LogP) is 3.98. The van der Waals surface area contributed by atoms with Crippen molar-refractivity contribution < 1.29 is 19.4 Å². The molecule has 0 aliphatic carbocycles. The Morgan fingerprint density at radius 2 is 1.92 bits per heavy atom.